The van der Waals surface area contributed by atoms with Crippen LogP contribution in [0.3, 0.4) is 0 Å². The van der Waals surface area contributed by atoms with Gasteiger partial charge < -0.3 is 9.30 Å². The molecule has 2 aromatic heterocycles. The van der Waals surface area contributed by atoms with Crippen LogP contribution in [0.5, 0.6) is 0 Å². The summed E-state index contributed by atoms with van der Waals surface area (Å²) in [6.45, 7) is -0.130. The Balaban J connectivity index is 2.23. The first-order valence-electron chi connectivity index (χ1n) is 7.14. The number of nitrogens with zero attached hydrogens (tertiary/aromatic N) is 2. The van der Waals surface area contributed by atoms with E-state index < -0.39 is 16.0 Å². The van der Waals surface area contributed by atoms with E-state index in [4.69, 9.17) is 16.3 Å². The number of rotatable bonds is 5. The van der Waals surface area contributed by atoms with Gasteiger partial charge in [-0.1, -0.05) is 22.9 Å². The maximum absolute atomic E-state index is 12.6. The first kappa shape index (κ1) is 19.4. The minimum Gasteiger partial charge on any atom is -0.468 e. The van der Waals surface area contributed by atoms with Crippen LogP contribution in [0, 0.1) is 0 Å². The quantitative estimate of drug-likeness (QED) is 0.440. The molecule has 11 heteroatoms. The van der Waals surface area contributed by atoms with Gasteiger partial charge >= 0.3 is 5.97 Å². The molecule has 0 N–H and O–H groups in total. The number of halogens is 1. The maximum atomic E-state index is 12.6. The number of hydrogen-bond acceptors (Lipinski definition) is 7. The molecule has 0 saturated heterocycles. The number of esters is 1. The van der Waals surface area contributed by atoms with Gasteiger partial charge in [-0.3, -0.25) is 4.79 Å². The summed E-state index contributed by atoms with van der Waals surface area (Å²) in [6, 6.07) is 8.60. The fraction of sp³-hybridized carbons (Fsp3) is 0.200. The number of thiazole rings is 1. The minimum absolute atomic E-state index is 0.0503. The van der Waals surface area contributed by atoms with Crippen LogP contribution in [-0.2, 0) is 26.1 Å². The molecule has 0 amide bonds. The zero-order valence-corrected chi connectivity index (χ0v) is 17.7. The molecule has 0 fully saturated rings. The SMILES string of the molecule is COC(=O)Cn1c(=NS(=O)(=O)c2ccc(Cl)s2)sc2cc(SC)ccc21. The Morgan fingerprint density at radius 1 is 1.31 bits per heavy atom. The molecule has 0 atom stereocenters. The lowest BCUT2D eigenvalue weighted by Gasteiger charge is -2.04. The van der Waals surface area contributed by atoms with Crippen LogP contribution in [0.25, 0.3) is 10.2 Å². The molecule has 0 radical (unpaired) electrons. The topological polar surface area (TPSA) is 77.7 Å². The molecule has 0 bridgehead atoms. The van der Waals surface area contributed by atoms with E-state index in [0.717, 1.165) is 26.4 Å². The fourth-order valence-electron chi connectivity index (χ4n) is 2.18. The predicted octanol–water partition coefficient (Wildman–Crippen LogP) is 3.60. The van der Waals surface area contributed by atoms with Crippen molar-refractivity contribution in [1.82, 2.24) is 4.57 Å². The van der Waals surface area contributed by atoms with Gasteiger partial charge in [0.25, 0.3) is 10.0 Å². The van der Waals surface area contributed by atoms with Gasteiger partial charge in [0.05, 0.1) is 21.7 Å². The molecule has 0 saturated carbocycles. The van der Waals surface area contributed by atoms with Crippen LogP contribution >= 0.6 is 46.0 Å². The first-order valence-corrected chi connectivity index (χ1v) is 11.8. The average Bonchev–Trinajstić information content (AvgIpc) is 3.18. The van der Waals surface area contributed by atoms with E-state index >= 15 is 0 Å². The third-order valence-corrected chi connectivity index (χ3v) is 8.25. The number of hydrogen-bond donors (Lipinski definition) is 0. The Morgan fingerprint density at radius 2 is 2.08 bits per heavy atom. The average molecular weight is 449 g/mol. The van der Waals surface area contributed by atoms with Crippen molar-refractivity contribution < 1.29 is 17.9 Å². The van der Waals surface area contributed by atoms with Crippen molar-refractivity contribution in [3.63, 3.8) is 0 Å². The molecule has 0 spiro atoms. The molecule has 0 unspecified atom stereocenters. The van der Waals surface area contributed by atoms with Crippen molar-refractivity contribution in [3.05, 3.63) is 39.5 Å². The standard InChI is InChI=1S/C15H13ClN2O4S4/c1-22-13(19)8-18-10-4-3-9(23-2)7-11(10)24-15(18)17-26(20,21)14-6-5-12(16)25-14/h3-7H,8H2,1-2H3. The van der Waals surface area contributed by atoms with Crippen molar-refractivity contribution in [3.8, 4) is 0 Å². The molecule has 138 valence electrons. The Bertz CT molecular complexity index is 1140. The van der Waals surface area contributed by atoms with Crippen LogP contribution in [0.2, 0.25) is 4.34 Å². The normalized spacial score (nSPS) is 12.7. The van der Waals surface area contributed by atoms with Gasteiger partial charge in [0, 0.05) is 4.90 Å². The highest BCUT2D eigenvalue weighted by Gasteiger charge is 2.18. The summed E-state index contributed by atoms with van der Waals surface area (Å²) in [5.41, 5.74) is 0.719. The Hall–Kier alpha value is -1.33. The largest absolute Gasteiger partial charge is 0.468 e. The molecule has 0 aliphatic rings. The van der Waals surface area contributed by atoms with Gasteiger partial charge in [-0.15, -0.1) is 27.5 Å². The van der Waals surface area contributed by atoms with E-state index in [1.165, 1.54) is 30.6 Å². The second-order valence-electron chi connectivity index (χ2n) is 5.01. The summed E-state index contributed by atoms with van der Waals surface area (Å²) >= 11 is 9.54. The molecule has 3 aromatic rings. The Labute approximate surface area is 167 Å². The second-order valence-corrected chi connectivity index (χ2v) is 10.4. The maximum Gasteiger partial charge on any atom is 0.325 e. The molecule has 0 aliphatic heterocycles. The highest BCUT2D eigenvalue weighted by molar-refractivity contribution is 7.98. The lowest BCUT2D eigenvalue weighted by atomic mass is 10.3. The number of ether oxygens (including phenoxy) is 1. The van der Waals surface area contributed by atoms with Crippen molar-refractivity contribution in [2.75, 3.05) is 13.4 Å². The zero-order chi connectivity index (χ0) is 18.9. The number of sulfonamides is 1. The van der Waals surface area contributed by atoms with Crippen molar-refractivity contribution >= 4 is 72.2 Å². The third kappa shape index (κ3) is 3.99. The highest BCUT2D eigenvalue weighted by atomic mass is 35.5. The molecular weight excluding hydrogens is 436 g/mol. The lowest BCUT2D eigenvalue weighted by Crippen LogP contribution is -2.22. The van der Waals surface area contributed by atoms with E-state index in [2.05, 4.69) is 4.40 Å². The molecular formula is C15H13ClN2O4S4. The number of thioether (sulfide) groups is 1. The molecule has 6 nitrogen and oxygen atoms in total. The summed E-state index contributed by atoms with van der Waals surface area (Å²) in [5, 5.41) is 0. The van der Waals surface area contributed by atoms with Gasteiger partial charge in [-0.25, -0.2) is 0 Å². The van der Waals surface area contributed by atoms with Crippen LogP contribution in [0.1, 0.15) is 0 Å². The summed E-state index contributed by atoms with van der Waals surface area (Å²) in [6.07, 6.45) is 1.95. The summed E-state index contributed by atoms with van der Waals surface area (Å²) in [5.74, 6) is -0.489. The van der Waals surface area contributed by atoms with Gasteiger partial charge in [-0.05, 0) is 36.6 Å². The summed E-state index contributed by atoms with van der Waals surface area (Å²) in [7, 11) is -2.65. The summed E-state index contributed by atoms with van der Waals surface area (Å²) < 4.78 is 36.6. The first-order chi connectivity index (χ1) is 12.3. The highest BCUT2D eigenvalue weighted by Crippen LogP contribution is 2.28. The van der Waals surface area contributed by atoms with Gasteiger partial charge in [0.15, 0.2) is 0 Å². The predicted molar refractivity (Wildman–Crippen MR) is 106 cm³/mol. The van der Waals surface area contributed by atoms with E-state index in [9.17, 15) is 13.2 Å². The van der Waals surface area contributed by atoms with Gasteiger partial charge in [-0.2, -0.15) is 8.42 Å². The molecule has 0 aliphatic carbocycles. The molecule has 2 heterocycles. The molecule has 26 heavy (non-hydrogen) atoms. The number of methoxy groups -OCH3 is 1. The van der Waals surface area contributed by atoms with E-state index in [1.54, 1.807) is 16.3 Å². The lowest BCUT2D eigenvalue weighted by molar-refractivity contribution is -0.141. The van der Waals surface area contributed by atoms with Crippen molar-refractivity contribution in [2.24, 2.45) is 4.40 Å². The van der Waals surface area contributed by atoms with Gasteiger partial charge in [0.2, 0.25) is 4.80 Å². The number of fused-ring (bicyclic) bond motifs is 1. The number of benzene rings is 1. The Morgan fingerprint density at radius 3 is 2.69 bits per heavy atom. The number of aromatic nitrogens is 1. The molecule has 1 aromatic carbocycles. The second kappa shape index (κ2) is 7.73. The number of thiophene rings is 1. The molecule has 3 rings (SSSR count). The van der Waals surface area contributed by atoms with Crippen LogP contribution < -0.4 is 4.80 Å². The van der Waals surface area contributed by atoms with Crippen LogP contribution in [0.15, 0.2) is 43.8 Å². The van der Waals surface area contributed by atoms with E-state index in [1.807, 2.05) is 24.5 Å². The van der Waals surface area contributed by atoms with Crippen LogP contribution in [-0.4, -0.2) is 32.3 Å². The number of carbonyl (C=O) groups excluding carboxylic acids is 1. The number of carbonyl (C=O) groups is 1. The van der Waals surface area contributed by atoms with Crippen LogP contribution in [0.4, 0.5) is 0 Å². The fourth-order valence-corrected chi connectivity index (χ4v) is 6.43. The Kier molecular flexibility index (Phi) is 5.78. The van der Waals surface area contributed by atoms with Gasteiger partial charge in [0.1, 0.15) is 10.8 Å². The minimum atomic E-state index is -3.93. The zero-order valence-electron chi connectivity index (χ0n) is 13.6. The third-order valence-electron chi connectivity index (χ3n) is 3.41. The summed E-state index contributed by atoms with van der Waals surface area (Å²) in [4.78, 5) is 13.0. The van der Waals surface area contributed by atoms with Crippen molar-refractivity contribution in [2.45, 2.75) is 15.6 Å². The van der Waals surface area contributed by atoms with E-state index in [0.29, 0.717) is 4.34 Å². The van der Waals surface area contributed by atoms with E-state index in [-0.39, 0.29) is 15.6 Å². The smallest absolute Gasteiger partial charge is 0.325 e. The van der Waals surface area contributed by atoms with Crippen molar-refractivity contribution in [1.29, 1.82) is 0 Å². The monoisotopic (exact) mass is 448 g/mol.